The van der Waals surface area contributed by atoms with Crippen LogP contribution in [0.2, 0.25) is 0 Å². The van der Waals surface area contributed by atoms with Crippen molar-refractivity contribution in [1.82, 2.24) is 4.57 Å². The van der Waals surface area contributed by atoms with Gasteiger partial charge in [0.25, 0.3) is 0 Å². The van der Waals surface area contributed by atoms with Crippen molar-refractivity contribution in [2.24, 2.45) is 0 Å². The van der Waals surface area contributed by atoms with Gasteiger partial charge in [-0.2, -0.15) is 0 Å². The highest BCUT2D eigenvalue weighted by Gasteiger charge is 2.35. The average Bonchev–Trinajstić information content (AvgIpc) is 3.12. The van der Waals surface area contributed by atoms with Crippen LogP contribution in [-0.4, -0.2) is 29.2 Å². The lowest BCUT2D eigenvalue weighted by Gasteiger charge is -2.31. The molecule has 31 heavy (non-hydrogen) atoms. The van der Waals surface area contributed by atoms with Crippen molar-refractivity contribution in [3.63, 3.8) is 0 Å². The number of rotatable bonds is 4. The van der Waals surface area contributed by atoms with Crippen LogP contribution < -0.4 is 5.32 Å². The molecule has 0 fully saturated rings. The van der Waals surface area contributed by atoms with Crippen molar-refractivity contribution < 1.29 is 19.1 Å². The van der Waals surface area contributed by atoms with Gasteiger partial charge in [-0.05, 0) is 57.4 Å². The van der Waals surface area contributed by atoms with E-state index in [1.807, 2.05) is 51.4 Å². The Morgan fingerprint density at radius 2 is 1.81 bits per heavy atom. The molecule has 2 heterocycles. The van der Waals surface area contributed by atoms with Gasteiger partial charge in [0, 0.05) is 17.1 Å². The fraction of sp³-hybridized carbons (Fsp3) is 0.360. The molecule has 2 aromatic carbocycles. The molecule has 0 spiro atoms. The molecule has 0 aliphatic carbocycles. The van der Waals surface area contributed by atoms with Gasteiger partial charge in [-0.15, -0.1) is 0 Å². The molecule has 1 amide bonds. The van der Waals surface area contributed by atoms with Crippen molar-refractivity contribution in [3.8, 4) is 11.1 Å². The van der Waals surface area contributed by atoms with Crippen LogP contribution in [0.1, 0.15) is 43.6 Å². The minimum absolute atomic E-state index is 0.0894. The second-order valence-electron chi connectivity index (χ2n) is 9.04. The van der Waals surface area contributed by atoms with Crippen LogP contribution in [0.15, 0.2) is 36.5 Å². The van der Waals surface area contributed by atoms with E-state index in [1.165, 1.54) is 7.11 Å². The lowest BCUT2D eigenvalue weighted by atomic mass is 9.87. The fourth-order valence-corrected chi connectivity index (χ4v) is 4.26. The predicted octanol–water partition coefficient (Wildman–Crippen LogP) is 4.91. The Morgan fingerprint density at radius 1 is 1.13 bits per heavy atom. The maximum Gasteiger partial charge on any atom is 0.339 e. The molecule has 4 rings (SSSR count). The zero-order chi connectivity index (χ0) is 22.5. The molecule has 0 saturated carbocycles. The molecule has 1 aliphatic rings. The Morgan fingerprint density at radius 3 is 2.42 bits per heavy atom. The number of aromatic nitrogens is 1. The number of carbonyl (C=O) groups excluding carboxylic acids is 2. The first-order valence-electron chi connectivity index (χ1n) is 10.4. The largest absolute Gasteiger partial charge is 0.467 e. The normalized spacial score (nSPS) is 14.5. The van der Waals surface area contributed by atoms with Crippen LogP contribution in [0.25, 0.3) is 22.0 Å². The second kappa shape index (κ2) is 7.54. The summed E-state index contributed by atoms with van der Waals surface area (Å²) >= 11 is 0. The molecule has 0 saturated heterocycles. The van der Waals surface area contributed by atoms with Crippen LogP contribution in [-0.2, 0) is 25.6 Å². The number of ether oxygens (including phenoxy) is 2. The summed E-state index contributed by atoms with van der Waals surface area (Å²) in [5.41, 5.74) is 5.66. The van der Waals surface area contributed by atoms with E-state index in [9.17, 15) is 9.59 Å². The zero-order valence-corrected chi connectivity index (χ0v) is 18.8. The molecular weight excluding hydrogens is 392 g/mol. The van der Waals surface area contributed by atoms with Crippen molar-refractivity contribution in [2.45, 2.75) is 52.9 Å². The van der Waals surface area contributed by atoms with Crippen LogP contribution in [0.5, 0.6) is 0 Å². The molecule has 3 aromatic rings. The van der Waals surface area contributed by atoms with Crippen LogP contribution in [0.4, 0.5) is 5.69 Å². The molecule has 1 aromatic heterocycles. The SMILES string of the molecule is COC(=O)[C@@H](OC(C)(C)C)c1c(C)c2c3c(ccn3CC(=O)N2)c1-c1ccc(C)cc1. The number of esters is 1. The Balaban J connectivity index is 2.10. The van der Waals surface area contributed by atoms with E-state index in [0.717, 1.165) is 33.2 Å². The fourth-order valence-electron chi connectivity index (χ4n) is 4.26. The zero-order valence-electron chi connectivity index (χ0n) is 18.8. The van der Waals surface area contributed by atoms with E-state index in [-0.39, 0.29) is 12.5 Å². The molecule has 1 N–H and O–H groups in total. The first-order valence-corrected chi connectivity index (χ1v) is 10.4. The van der Waals surface area contributed by atoms with Crippen LogP contribution in [0, 0.1) is 13.8 Å². The maximum atomic E-state index is 13.0. The number of carbonyl (C=O) groups is 2. The third-order valence-electron chi connectivity index (χ3n) is 5.59. The van der Waals surface area contributed by atoms with Crippen LogP contribution in [0.3, 0.4) is 0 Å². The van der Waals surface area contributed by atoms with Crippen molar-refractivity contribution >= 4 is 28.5 Å². The molecule has 162 valence electrons. The minimum Gasteiger partial charge on any atom is -0.467 e. The molecule has 0 bridgehead atoms. The van der Waals surface area contributed by atoms with Crippen molar-refractivity contribution in [2.75, 3.05) is 12.4 Å². The number of nitrogens with zero attached hydrogens (tertiary/aromatic N) is 1. The number of benzene rings is 2. The standard InChI is InChI=1S/C25H28N2O4/c1-14-7-9-16(10-8-14)20-17-11-12-27-13-18(28)26-21(22(17)27)15(2)19(20)23(24(29)30-6)31-25(3,4)5/h7-12,23H,13H2,1-6H3,(H,26,28)/t23-/m0/s1. The average molecular weight is 421 g/mol. The number of hydrogen-bond donors (Lipinski definition) is 1. The molecule has 0 radical (unpaired) electrons. The lowest BCUT2D eigenvalue weighted by Crippen LogP contribution is -2.30. The van der Waals surface area contributed by atoms with Gasteiger partial charge in [0.15, 0.2) is 6.10 Å². The lowest BCUT2D eigenvalue weighted by molar-refractivity contribution is -0.164. The Labute approximate surface area is 182 Å². The monoisotopic (exact) mass is 420 g/mol. The first-order chi connectivity index (χ1) is 14.6. The molecule has 6 heteroatoms. The number of anilines is 1. The number of aryl methyl sites for hydroxylation is 1. The first kappa shape index (κ1) is 21.1. The smallest absolute Gasteiger partial charge is 0.339 e. The quantitative estimate of drug-likeness (QED) is 0.609. The maximum absolute atomic E-state index is 13.0. The topological polar surface area (TPSA) is 69.6 Å². The van der Waals surface area contributed by atoms with Crippen molar-refractivity contribution in [3.05, 3.63) is 53.2 Å². The Kier molecular flexibility index (Phi) is 5.13. The molecule has 1 atom stereocenters. The Bertz CT molecular complexity index is 1180. The van der Waals surface area contributed by atoms with Gasteiger partial charge < -0.3 is 19.4 Å². The third-order valence-corrected chi connectivity index (χ3v) is 5.59. The van der Waals surface area contributed by atoms with Gasteiger partial charge in [-0.1, -0.05) is 29.8 Å². The van der Waals surface area contributed by atoms with Gasteiger partial charge in [0.2, 0.25) is 5.91 Å². The highest BCUT2D eigenvalue weighted by atomic mass is 16.6. The van der Waals surface area contributed by atoms with E-state index >= 15 is 0 Å². The molecule has 1 aliphatic heterocycles. The molecule has 6 nitrogen and oxygen atoms in total. The summed E-state index contributed by atoms with van der Waals surface area (Å²) < 4.78 is 13.4. The Hall–Kier alpha value is -3.12. The van der Waals surface area contributed by atoms with Gasteiger partial charge in [0.05, 0.1) is 23.9 Å². The molecular formula is C25H28N2O4. The van der Waals surface area contributed by atoms with Crippen LogP contribution >= 0.6 is 0 Å². The van der Waals surface area contributed by atoms with Gasteiger partial charge in [0.1, 0.15) is 6.54 Å². The highest BCUT2D eigenvalue weighted by Crippen LogP contribution is 2.46. The summed E-state index contributed by atoms with van der Waals surface area (Å²) in [6.45, 7) is 9.95. The predicted molar refractivity (Wildman–Crippen MR) is 121 cm³/mol. The van der Waals surface area contributed by atoms with E-state index in [1.54, 1.807) is 0 Å². The summed E-state index contributed by atoms with van der Waals surface area (Å²) in [7, 11) is 1.36. The van der Waals surface area contributed by atoms with E-state index in [0.29, 0.717) is 11.3 Å². The number of amides is 1. The van der Waals surface area contributed by atoms with E-state index in [2.05, 4.69) is 29.6 Å². The van der Waals surface area contributed by atoms with Gasteiger partial charge in [-0.3, -0.25) is 4.79 Å². The van der Waals surface area contributed by atoms with Crippen molar-refractivity contribution in [1.29, 1.82) is 0 Å². The van der Waals surface area contributed by atoms with Gasteiger partial charge in [-0.25, -0.2) is 4.79 Å². The summed E-state index contributed by atoms with van der Waals surface area (Å²) in [6, 6.07) is 10.2. The molecule has 0 unspecified atom stereocenters. The highest BCUT2D eigenvalue weighted by molar-refractivity contribution is 6.12. The van der Waals surface area contributed by atoms with Gasteiger partial charge >= 0.3 is 5.97 Å². The number of nitrogens with one attached hydrogen (secondary N) is 1. The number of methoxy groups -OCH3 is 1. The summed E-state index contributed by atoms with van der Waals surface area (Å²) in [5.74, 6) is -0.562. The van der Waals surface area contributed by atoms with E-state index in [4.69, 9.17) is 9.47 Å². The summed E-state index contributed by atoms with van der Waals surface area (Å²) in [6.07, 6.45) is 0.982. The number of hydrogen-bond acceptors (Lipinski definition) is 4. The summed E-state index contributed by atoms with van der Waals surface area (Å²) in [5, 5.41) is 3.98. The minimum atomic E-state index is -0.941. The second-order valence-corrected chi connectivity index (χ2v) is 9.04. The summed E-state index contributed by atoms with van der Waals surface area (Å²) in [4.78, 5) is 25.3. The third kappa shape index (κ3) is 3.72. The van der Waals surface area contributed by atoms with E-state index < -0.39 is 17.7 Å².